The lowest BCUT2D eigenvalue weighted by molar-refractivity contribution is 0.0924. The molecule has 2 heterocycles. The van der Waals surface area contributed by atoms with Crippen LogP contribution in [0.4, 0.5) is 5.95 Å². The van der Waals surface area contributed by atoms with Gasteiger partial charge in [-0.05, 0) is 31.1 Å². The minimum Gasteiger partial charge on any atom is -0.356 e. The topological polar surface area (TPSA) is 59.0 Å². The molecule has 0 unspecified atom stereocenters. The highest BCUT2D eigenvalue weighted by atomic mass is 16.1. The number of imidazole rings is 1. The Balaban J connectivity index is 1.63. The highest BCUT2D eigenvalue weighted by Gasteiger charge is 2.32. The molecule has 0 aromatic carbocycles. The number of carbonyl (C=O) groups excluding carboxylic acids is 1. The van der Waals surface area contributed by atoms with Crippen molar-refractivity contribution in [1.29, 1.82) is 0 Å². The molecule has 0 radical (unpaired) electrons. The number of anilines is 1. The third-order valence-corrected chi connectivity index (χ3v) is 4.91. The van der Waals surface area contributed by atoms with Crippen LogP contribution in [0.2, 0.25) is 0 Å². The number of aryl methyl sites for hydroxylation is 1. The third-order valence-electron chi connectivity index (χ3n) is 4.91. The van der Waals surface area contributed by atoms with Gasteiger partial charge in [0, 0.05) is 25.8 Å². The SMILES string of the molecule is CCC1(CNC(=O)c2cn3c(n2)NCCC3)CCCC1. The normalized spacial score (nSPS) is 20.2. The number of rotatable bonds is 4. The van der Waals surface area contributed by atoms with Crippen LogP contribution in [0.5, 0.6) is 0 Å². The largest absolute Gasteiger partial charge is 0.356 e. The summed E-state index contributed by atoms with van der Waals surface area (Å²) in [5, 5.41) is 6.32. The van der Waals surface area contributed by atoms with E-state index in [0.717, 1.165) is 38.4 Å². The molecule has 2 N–H and O–H groups in total. The molecule has 0 bridgehead atoms. The second-order valence-electron chi connectivity index (χ2n) is 6.17. The summed E-state index contributed by atoms with van der Waals surface area (Å²) >= 11 is 0. The number of carbonyl (C=O) groups is 1. The van der Waals surface area contributed by atoms with Crippen molar-refractivity contribution in [2.24, 2.45) is 5.41 Å². The maximum absolute atomic E-state index is 12.3. The number of nitrogens with one attached hydrogen (secondary N) is 2. The molecule has 1 amide bonds. The maximum Gasteiger partial charge on any atom is 0.271 e. The monoisotopic (exact) mass is 276 g/mol. The molecule has 1 fully saturated rings. The minimum absolute atomic E-state index is 0.0339. The first-order valence-electron chi connectivity index (χ1n) is 7.82. The summed E-state index contributed by atoms with van der Waals surface area (Å²) in [7, 11) is 0. The van der Waals surface area contributed by atoms with Crippen molar-refractivity contribution in [1.82, 2.24) is 14.9 Å². The number of nitrogens with zero attached hydrogens (tertiary/aromatic N) is 2. The number of hydrogen-bond donors (Lipinski definition) is 2. The number of hydrogen-bond acceptors (Lipinski definition) is 3. The lowest BCUT2D eigenvalue weighted by Gasteiger charge is -2.27. The standard InChI is InChI=1S/C15H24N4O/c1-2-15(6-3-4-7-15)11-17-13(20)12-10-19-9-5-8-16-14(19)18-12/h10H,2-9,11H2,1H3,(H,16,18)(H,17,20). The van der Waals surface area contributed by atoms with Crippen LogP contribution in [0, 0.1) is 5.41 Å². The van der Waals surface area contributed by atoms with Gasteiger partial charge in [0.1, 0.15) is 5.69 Å². The summed E-state index contributed by atoms with van der Waals surface area (Å²) in [4.78, 5) is 16.6. The molecule has 20 heavy (non-hydrogen) atoms. The molecule has 1 aliphatic carbocycles. The molecule has 0 spiro atoms. The van der Waals surface area contributed by atoms with E-state index in [1.807, 2.05) is 10.8 Å². The molecule has 5 heteroatoms. The summed E-state index contributed by atoms with van der Waals surface area (Å²) in [6, 6.07) is 0. The van der Waals surface area contributed by atoms with Crippen LogP contribution in [0.3, 0.4) is 0 Å². The minimum atomic E-state index is -0.0339. The summed E-state index contributed by atoms with van der Waals surface area (Å²) in [5.41, 5.74) is 0.867. The van der Waals surface area contributed by atoms with Crippen molar-refractivity contribution in [2.45, 2.75) is 52.0 Å². The van der Waals surface area contributed by atoms with Crippen molar-refractivity contribution in [3.63, 3.8) is 0 Å². The second-order valence-corrected chi connectivity index (χ2v) is 6.17. The fraction of sp³-hybridized carbons (Fsp3) is 0.733. The van der Waals surface area contributed by atoms with Crippen LogP contribution in [-0.2, 0) is 6.54 Å². The van der Waals surface area contributed by atoms with Gasteiger partial charge in [-0.2, -0.15) is 0 Å². The first kappa shape index (κ1) is 13.5. The predicted octanol–water partition coefficient (Wildman–Crippen LogP) is 2.40. The number of aromatic nitrogens is 2. The van der Waals surface area contributed by atoms with Gasteiger partial charge in [0.15, 0.2) is 0 Å². The molecule has 1 aromatic heterocycles. The molecule has 0 saturated heterocycles. The zero-order valence-corrected chi connectivity index (χ0v) is 12.2. The first-order chi connectivity index (χ1) is 9.72. The molecule has 3 rings (SSSR count). The van der Waals surface area contributed by atoms with Crippen LogP contribution < -0.4 is 10.6 Å². The average molecular weight is 276 g/mol. The summed E-state index contributed by atoms with van der Waals surface area (Å²) < 4.78 is 2.03. The molecular weight excluding hydrogens is 252 g/mol. The van der Waals surface area contributed by atoms with Crippen LogP contribution in [0.1, 0.15) is 55.9 Å². The van der Waals surface area contributed by atoms with Crippen LogP contribution in [0.25, 0.3) is 0 Å². The third kappa shape index (κ3) is 2.53. The summed E-state index contributed by atoms with van der Waals surface area (Å²) in [6.07, 6.45) is 9.18. The van der Waals surface area contributed by atoms with Crippen LogP contribution in [0.15, 0.2) is 6.20 Å². The van der Waals surface area contributed by atoms with Crippen molar-refractivity contribution in [2.75, 3.05) is 18.4 Å². The summed E-state index contributed by atoms with van der Waals surface area (Å²) in [5.74, 6) is 0.792. The highest BCUT2D eigenvalue weighted by molar-refractivity contribution is 5.92. The lowest BCUT2D eigenvalue weighted by Crippen LogP contribution is -2.35. The maximum atomic E-state index is 12.3. The Morgan fingerprint density at radius 2 is 2.25 bits per heavy atom. The van der Waals surface area contributed by atoms with E-state index in [-0.39, 0.29) is 5.91 Å². The Labute approximate surface area is 120 Å². The predicted molar refractivity (Wildman–Crippen MR) is 78.9 cm³/mol. The Hall–Kier alpha value is -1.52. The first-order valence-corrected chi connectivity index (χ1v) is 7.82. The van der Waals surface area contributed by atoms with Gasteiger partial charge in [0.25, 0.3) is 5.91 Å². The quantitative estimate of drug-likeness (QED) is 0.888. The van der Waals surface area contributed by atoms with Gasteiger partial charge in [0.2, 0.25) is 5.95 Å². The van der Waals surface area contributed by atoms with E-state index in [1.165, 1.54) is 25.7 Å². The van der Waals surface area contributed by atoms with Gasteiger partial charge in [0.05, 0.1) is 0 Å². The van der Waals surface area contributed by atoms with E-state index < -0.39 is 0 Å². The van der Waals surface area contributed by atoms with Crippen molar-refractivity contribution in [3.8, 4) is 0 Å². The zero-order valence-electron chi connectivity index (χ0n) is 12.2. The lowest BCUT2D eigenvalue weighted by atomic mass is 9.83. The van der Waals surface area contributed by atoms with Crippen LogP contribution in [-0.4, -0.2) is 28.5 Å². The Kier molecular flexibility index (Phi) is 3.68. The van der Waals surface area contributed by atoms with Crippen molar-refractivity contribution in [3.05, 3.63) is 11.9 Å². The Morgan fingerprint density at radius 1 is 1.45 bits per heavy atom. The number of fused-ring (bicyclic) bond motifs is 1. The fourth-order valence-corrected chi connectivity index (χ4v) is 3.43. The number of amides is 1. The van der Waals surface area contributed by atoms with E-state index in [4.69, 9.17) is 0 Å². The van der Waals surface area contributed by atoms with E-state index in [1.54, 1.807) is 0 Å². The fourth-order valence-electron chi connectivity index (χ4n) is 3.43. The molecule has 1 saturated carbocycles. The molecule has 2 aliphatic rings. The van der Waals surface area contributed by atoms with E-state index >= 15 is 0 Å². The van der Waals surface area contributed by atoms with Crippen molar-refractivity contribution < 1.29 is 4.79 Å². The molecule has 110 valence electrons. The van der Waals surface area contributed by atoms with E-state index in [0.29, 0.717) is 11.1 Å². The molecular formula is C15H24N4O. The summed E-state index contributed by atoms with van der Waals surface area (Å²) in [6.45, 7) is 4.91. The average Bonchev–Trinajstić information content (AvgIpc) is 3.12. The molecule has 1 aromatic rings. The van der Waals surface area contributed by atoms with E-state index in [2.05, 4.69) is 22.5 Å². The van der Waals surface area contributed by atoms with Gasteiger partial charge in [-0.25, -0.2) is 4.98 Å². The highest BCUT2D eigenvalue weighted by Crippen LogP contribution is 2.40. The Morgan fingerprint density at radius 3 is 2.95 bits per heavy atom. The van der Waals surface area contributed by atoms with Gasteiger partial charge in [-0.3, -0.25) is 4.79 Å². The van der Waals surface area contributed by atoms with Gasteiger partial charge >= 0.3 is 0 Å². The van der Waals surface area contributed by atoms with Gasteiger partial charge in [-0.15, -0.1) is 0 Å². The van der Waals surface area contributed by atoms with E-state index in [9.17, 15) is 4.79 Å². The molecule has 1 aliphatic heterocycles. The van der Waals surface area contributed by atoms with Crippen LogP contribution >= 0.6 is 0 Å². The smallest absolute Gasteiger partial charge is 0.271 e. The Bertz CT molecular complexity index is 465. The zero-order chi connectivity index (χ0) is 14.0. The van der Waals surface area contributed by atoms with Gasteiger partial charge in [-0.1, -0.05) is 19.8 Å². The second kappa shape index (κ2) is 5.46. The van der Waals surface area contributed by atoms with Crippen molar-refractivity contribution >= 4 is 11.9 Å². The van der Waals surface area contributed by atoms with Gasteiger partial charge < -0.3 is 15.2 Å². The molecule has 5 nitrogen and oxygen atoms in total. The molecule has 0 atom stereocenters.